The monoisotopic (exact) mass is 882 g/mol. The molecular weight excluding hydrogens is 828 g/mol. The highest BCUT2D eigenvalue weighted by molar-refractivity contribution is 9.11. The molecule has 0 heterocycles. The van der Waals surface area contributed by atoms with Crippen LogP contribution in [0, 0.1) is 0 Å². The standard InChI is InChI=1S/C42H57Br3N6/c1-46(2)22-34-16-31(17-35(40(34)43)23-47(3)4)28-13-29(32-18-36(24-48(5)6)41(44)37(19-32)25-49(7)8)15-30(14-28)33-20-38(26-50(9)10)42(45)39(21-33)27-51(11)12/h13-21H,22-27H2,1-12H3. The number of hydrogen-bond acceptors (Lipinski definition) is 6. The molecule has 0 aliphatic rings. The Balaban J connectivity index is 2.09. The van der Waals surface area contributed by atoms with Gasteiger partial charge in [0.1, 0.15) is 0 Å². The van der Waals surface area contributed by atoms with Gasteiger partial charge in [-0.25, -0.2) is 0 Å². The smallest absolute Gasteiger partial charge is 0.0265 e. The van der Waals surface area contributed by atoms with E-state index in [1.54, 1.807) is 0 Å². The molecule has 0 saturated carbocycles. The third kappa shape index (κ3) is 11.5. The van der Waals surface area contributed by atoms with Crippen LogP contribution in [0.3, 0.4) is 0 Å². The molecule has 0 spiro atoms. The quantitative estimate of drug-likeness (QED) is 0.118. The van der Waals surface area contributed by atoms with Gasteiger partial charge in [-0.05, 0) is 206 Å². The van der Waals surface area contributed by atoms with Crippen LogP contribution in [0.4, 0.5) is 0 Å². The van der Waals surface area contributed by atoms with Gasteiger partial charge in [-0.15, -0.1) is 0 Å². The molecule has 0 fully saturated rings. The highest BCUT2D eigenvalue weighted by atomic mass is 79.9. The molecule has 0 aromatic heterocycles. The maximum atomic E-state index is 3.99. The van der Waals surface area contributed by atoms with Crippen molar-refractivity contribution < 1.29 is 0 Å². The molecule has 0 aliphatic heterocycles. The van der Waals surface area contributed by atoms with Crippen LogP contribution in [0.2, 0.25) is 0 Å². The normalized spacial score (nSPS) is 12.2. The maximum absolute atomic E-state index is 3.99. The van der Waals surface area contributed by atoms with Crippen molar-refractivity contribution in [3.63, 3.8) is 0 Å². The Kier molecular flexibility index (Phi) is 15.1. The van der Waals surface area contributed by atoms with Crippen molar-refractivity contribution in [3.8, 4) is 33.4 Å². The summed E-state index contributed by atoms with van der Waals surface area (Å²) in [5.74, 6) is 0. The first kappa shape index (κ1) is 41.8. The van der Waals surface area contributed by atoms with Crippen molar-refractivity contribution in [3.05, 3.63) is 101 Å². The summed E-state index contributed by atoms with van der Waals surface area (Å²) in [6, 6.07) is 21.4. The minimum Gasteiger partial charge on any atom is -0.305 e. The summed E-state index contributed by atoms with van der Waals surface area (Å²) >= 11 is 12.0. The van der Waals surface area contributed by atoms with Crippen LogP contribution >= 0.6 is 47.8 Å². The lowest BCUT2D eigenvalue weighted by atomic mass is 9.89. The fourth-order valence-electron chi connectivity index (χ4n) is 6.61. The second-order valence-electron chi connectivity index (χ2n) is 15.6. The average Bonchev–Trinajstić information content (AvgIpc) is 3.01. The average molecular weight is 886 g/mol. The molecule has 0 saturated heterocycles. The summed E-state index contributed by atoms with van der Waals surface area (Å²) in [5.41, 5.74) is 15.1. The number of hydrogen-bond donors (Lipinski definition) is 0. The van der Waals surface area contributed by atoms with E-state index < -0.39 is 0 Å². The summed E-state index contributed by atoms with van der Waals surface area (Å²) < 4.78 is 3.57. The van der Waals surface area contributed by atoms with E-state index in [2.05, 4.69) is 216 Å². The molecular formula is C42H57Br3N6. The molecule has 276 valence electrons. The van der Waals surface area contributed by atoms with Crippen molar-refractivity contribution >= 4 is 47.8 Å². The third-order valence-corrected chi connectivity index (χ3v) is 11.6. The van der Waals surface area contributed by atoms with Crippen LogP contribution in [0.15, 0.2) is 68.0 Å². The van der Waals surface area contributed by atoms with Gasteiger partial charge in [0.25, 0.3) is 0 Å². The minimum atomic E-state index is 0.852. The molecule has 0 radical (unpaired) electrons. The molecule has 0 amide bonds. The van der Waals surface area contributed by atoms with Crippen LogP contribution in [0.25, 0.3) is 33.4 Å². The Morgan fingerprint density at radius 1 is 0.275 bits per heavy atom. The predicted molar refractivity (Wildman–Crippen MR) is 230 cm³/mol. The van der Waals surface area contributed by atoms with E-state index in [0.717, 1.165) is 39.3 Å². The van der Waals surface area contributed by atoms with E-state index in [0.29, 0.717) is 0 Å². The van der Waals surface area contributed by atoms with E-state index in [9.17, 15) is 0 Å². The Hall–Kier alpha value is -1.92. The number of halogens is 3. The molecule has 0 atom stereocenters. The molecule has 4 aromatic rings. The van der Waals surface area contributed by atoms with Crippen molar-refractivity contribution in [1.82, 2.24) is 29.4 Å². The molecule has 51 heavy (non-hydrogen) atoms. The number of benzene rings is 4. The predicted octanol–water partition coefficient (Wildman–Crippen LogP) is 9.34. The summed E-state index contributed by atoms with van der Waals surface area (Å²) in [4.78, 5) is 13.5. The highest BCUT2D eigenvalue weighted by Crippen LogP contribution is 2.39. The van der Waals surface area contributed by atoms with E-state index in [1.165, 1.54) is 80.2 Å². The van der Waals surface area contributed by atoms with E-state index >= 15 is 0 Å². The van der Waals surface area contributed by atoms with Gasteiger partial charge < -0.3 is 29.4 Å². The first-order chi connectivity index (χ1) is 23.9. The zero-order chi connectivity index (χ0) is 37.7. The topological polar surface area (TPSA) is 19.4 Å². The largest absolute Gasteiger partial charge is 0.305 e. The van der Waals surface area contributed by atoms with Gasteiger partial charge in [0.2, 0.25) is 0 Å². The molecule has 4 aromatic carbocycles. The van der Waals surface area contributed by atoms with Crippen LogP contribution in [0.5, 0.6) is 0 Å². The minimum absolute atomic E-state index is 0.852. The summed E-state index contributed by atoms with van der Waals surface area (Å²) in [6.07, 6.45) is 0. The molecule has 9 heteroatoms. The highest BCUT2D eigenvalue weighted by Gasteiger charge is 2.18. The molecule has 6 nitrogen and oxygen atoms in total. The van der Waals surface area contributed by atoms with E-state index in [1.807, 2.05) is 0 Å². The van der Waals surface area contributed by atoms with Gasteiger partial charge in [0, 0.05) is 52.7 Å². The Labute approximate surface area is 333 Å². The van der Waals surface area contributed by atoms with Crippen molar-refractivity contribution in [2.75, 3.05) is 84.6 Å². The van der Waals surface area contributed by atoms with Crippen LogP contribution < -0.4 is 0 Å². The molecule has 0 unspecified atom stereocenters. The van der Waals surface area contributed by atoms with Crippen LogP contribution in [0.1, 0.15) is 33.4 Å². The Bertz CT molecular complexity index is 1500. The second kappa shape index (κ2) is 18.4. The van der Waals surface area contributed by atoms with Crippen molar-refractivity contribution in [2.45, 2.75) is 39.3 Å². The first-order valence-electron chi connectivity index (χ1n) is 17.4. The molecule has 4 rings (SSSR count). The number of nitrogens with zero attached hydrogens (tertiary/aromatic N) is 6. The fraction of sp³-hybridized carbons (Fsp3) is 0.429. The lowest BCUT2D eigenvalue weighted by molar-refractivity contribution is 0.394. The van der Waals surface area contributed by atoms with Gasteiger partial charge in [-0.3, -0.25) is 0 Å². The SMILES string of the molecule is CN(C)Cc1cc(-c2cc(-c3cc(CN(C)C)c(Br)c(CN(C)C)c3)cc(-c3cc(CN(C)C)c(Br)c(CN(C)C)c3)c2)cc(CN(C)C)c1Br. The van der Waals surface area contributed by atoms with Crippen LogP contribution in [-0.2, 0) is 39.3 Å². The maximum Gasteiger partial charge on any atom is 0.0265 e. The summed E-state index contributed by atoms with van der Waals surface area (Å²) in [6.45, 7) is 5.11. The van der Waals surface area contributed by atoms with Gasteiger partial charge in [-0.2, -0.15) is 0 Å². The fourth-order valence-corrected chi connectivity index (χ4v) is 8.05. The lowest BCUT2D eigenvalue weighted by Gasteiger charge is -2.22. The summed E-state index contributed by atoms with van der Waals surface area (Å²) in [7, 11) is 25.6. The lowest BCUT2D eigenvalue weighted by Crippen LogP contribution is -2.15. The summed E-state index contributed by atoms with van der Waals surface area (Å²) in [5, 5.41) is 0. The van der Waals surface area contributed by atoms with Gasteiger partial charge in [-0.1, -0.05) is 47.8 Å². The van der Waals surface area contributed by atoms with Gasteiger partial charge in [0.05, 0.1) is 0 Å². The molecule has 0 aliphatic carbocycles. The Morgan fingerprint density at radius 3 is 0.549 bits per heavy atom. The zero-order valence-electron chi connectivity index (χ0n) is 32.8. The number of rotatable bonds is 15. The van der Waals surface area contributed by atoms with E-state index in [-0.39, 0.29) is 0 Å². The van der Waals surface area contributed by atoms with Crippen molar-refractivity contribution in [2.24, 2.45) is 0 Å². The third-order valence-electron chi connectivity index (χ3n) is 8.52. The first-order valence-corrected chi connectivity index (χ1v) is 19.8. The molecule has 0 bridgehead atoms. The van der Waals surface area contributed by atoms with Gasteiger partial charge >= 0.3 is 0 Å². The van der Waals surface area contributed by atoms with Crippen LogP contribution in [-0.4, -0.2) is 114 Å². The van der Waals surface area contributed by atoms with Gasteiger partial charge in [0.15, 0.2) is 0 Å². The second-order valence-corrected chi connectivity index (χ2v) is 17.9. The Morgan fingerprint density at radius 2 is 0.412 bits per heavy atom. The zero-order valence-corrected chi connectivity index (χ0v) is 37.5. The van der Waals surface area contributed by atoms with Crippen molar-refractivity contribution in [1.29, 1.82) is 0 Å². The van der Waals surface area contributed by atoms with E-state index in [4.69, 9.17) is 0 Å². The molecule has 0 N–H and O–H groups in total.